The fourth-order valence-corrected chi connectivity index (χ4v) is 3.83. The van der Waals surface area contributed by atoms with Gasteiger partial charge >= 0.3 is 0 Å². The highest BCUT2D eigenvalue weighted by atomic mass is 32.2. The summed E-state index contributed by atoms with van der Waals surface area (Å²) in [4.78, 5) is 33.0. The lowest BCUT2D eigenvalue weighted by Gasteiger charge is -2.38. The minimum atomic E-state index is -0.336. The van der Waals surface area contributed by atoms with Crippen LogP contribution in [0.2, 0.25) is 0 Å². The maximum Gasteiger partial charge on any atom is 0.234 e. The van der Waals surface area contributed by atoms with E-state index in [1.165, 1.54) is 11.8 Å². The van der Waals surface area contributed by atoms with Crippen molar-refractivity contribution in [1.29, 1.82) is 0 Å². The van der Waals surface area contributed by atoms with E-state index >= 15 is 0 Å². The van der Waals surface area contributed by atoms with Crippen LogP contribution in [0.25, 0.3) is 0 Å². The van der Waals surface area contributed by atoms with E-state index < -0.39 is 0 Å². The maximum absolute atomic E-state index is 12.4. The zero-order valence-electron chi connectivity index (χ0n) is 17.2. The number of pyridine rings is 1. The number of aromatic nitrogens is 1. The fraction of sp³-hybridized carbons (Fsp3) is 0.409. The zero-order chi connectivity index (χ0) is 20.9. The van der Waals surface area contributed by atoms with Crippen LogP contribution >= 0.6 is 11.8 Å². The first kappa shape index (κ1) is 21.2. The molecule has 3 rings (SSSR count). The minimum Gasteiger partial charge on any atom is -0.368 e. The fourth-order valence-electron chi connectivity index (χ4n) is 3.17. The van der Waals surface area contributed by atoms with Crippen molar-refractivity contribution >= 4 is 35.0 Å². The van der Waals surface area contributed by atoms with Crippen molar-refractivity contribution in [3.63, 3.8) is 0 Å². The summed E-state index contributed by atoms with van der Waals surface area (Å²) in [5, 5.41) is 3.76. The normalized spacial score (nSPS) is 14.6. The summed E-state index contributed by atoms with van der Waals surface area (Å²) >= 11 is 1.41. The van der Waals surface area contributed by atoms with Gasteiger partial charge in [-0.1, -0.05) is 38.6 Å². The standard InChI is InChI=1S/C22H28N4O2S/c1-22(2,3)21(28)26-14-12-25(13-15-26)18-9-7-17(8-10-18)24-19(27)16-29-20-6-4-5-11-23-20/h4-11H,12-16H2,1-3H3,(H,24,27). The van der Waals surface area contributed by atoms with Gasteiger partial charge in [-0.3, -0.25) is 9.59 Å². The van der Waals surface area contributed by atoms with Gasteiger partial charge in [-0.15, -0.1) is 0 Å². The molecule has 7 heteroatoms. The molecule has 1 aliphatic rings. The van der Waals surface area contributed by atoms with Crippen LogP contribution in [0.5, 0.6) is 0 Å². The van der Waals surface area contributed by atoms with Gasteiger partial charge in [0, 0.05) is 49.2 Å². The Balaban J connectivity index is 1.48. The van der Waals surface area contributed by atoms with Crippen molar-refractivity contribution in [3.8, 4) is 0 Å². The van der Waals surface area contributed by atoms with Crippen molar-refractivity contribution in [2.45, 2.75) is 25.8 Å². The summed E-state index contributed by atoms with van der Waals surface area (Å²) in [6.07, 6.45) is 1.72. The first-order valence-electron chi connectivity index (χ1n) is 9.81. The van der Waals surface area contributed by atoms with Crippen molar-refractivity contribution in [3.05, 3.63) is 48.7 Å². The second kappa shape index (κ2) is 9.31. The molecule has 1 aliphatic heterocycles. The van der Waals surface area contributed by atoms with Gasteiger partial charge in [-0.05, 0) is 36.4 Å². The van der Waals surface area contributed by atoms with E-state index in [0.29, 0.717) is 5.75 Å². The SMILES string of the molecule is CC(C)(C)C(=O)N1CCN(c2ccc(NC(=O)CSc3ccccn3)cc2)CC1. The number of anilines is 2. The average Bonchev–Trinajstić information content (AvgIpc) is 2.72. The van der Waals surface area contributed by atoms with Crippen molar-refractivity contribution in [1.82, 2.24) is 9.88 Å². The summed E-state index contributed by atoms with van der Waals surface area (Å²) in [5.41, 5.74) is 1.55. The molecule has 6 nitrogen and oxygen atoms in total. The van der Waals surface area contributed by atoms with Gasteiger partial charge in [0.2, 0.25) is 11.8 Å². The van der Waals surface area contributed by atoms with Gasteiger partial charge in [0.05, 0.1) is 10.8 Å². The topological polar surface area (TPSA) is 65.5 Å². The highest BCUT2D eigenvalue weighted by Crippen LogP contribution is 2.23. The van der Waals surface area contributed by atoms with E-state index in [-0.39, 0.29) is 17.2 Å². The molecule has 29 heavy (non-hydrogen) atoms. The first-order valence-corrected chi connectivity index (χ1v) is 10.8. The number of nitrogens with zero attached hydrogens (tertiary/aromatic N) is 3. The number of piperazine rings is 1. The first-order chi connectivity index (χ1) is 13.8. The Morgan fingerprint density at radius 1 is 1.03 bits per heavy atom. The van der Waals surface area contributed by atoms with Crippen molar-refractivity contribution < 1.29 is 9.59 Å². The number of nitrogens with one attached hydrogen (secondary N) is 1. The van der Waals surface area contributed by atoms with E-state index in [1.54, 1.807) is 6.20 Å². The number of thioether (sulfide) groups is 1. The number of hydrogen-bond donors (Lipinski definition) is 1. The Labute approximate surface area is 176 Å². The molecule has 1 N–H and O–H groups in total. The minimum absolute atomic E-state index is 0.0530. The third kappa shape index (κ3) is 5.97. The number of rotatable bonds is 5. The van der Waals surface area contributed by atoms with E-state index in [0.717, 1.165) is 42.6 Å². The molecule has 2 amide bonds. The molecule has 1 saturated heterocycles. The van der Waals surface area contributed by atoms with Crippen LogP contribution in [-0.4, -0.2) is 53.6 Å². The quantitative estimate of drug-likeness (QED) is 0.762. The van der Waals surface area contributed by atoms with Gasteiger partial charge in [-0.2, -0.15) is 0 Å². The predicted molar refractivity (Wildman–Crippen MR) is 118 cm³/mol. The van der Waals surface area contributed by atoms with Gasteiger partial charge in [0.25, 0.3) is 0 Å². The van der Waals surface area contributed by atoms with Crippen LogP contribution in [0.3, 0.4) is 0 Å². The van der Waals surface area contributed by atoms with Gasteiger partial charge in [0.15, 0.2) is 0 Å². The Kier molecular flexibility index (Phi) is 6.79. The van der Waals surface area contributed by atoms with E-state index in [1.807, 2.05) is 68.1 Å². The average molecular weight is 413 g/mol. The second-order valence-electron chi connectivity index (χ2n) is 8.08. The van der Waals surface area contributed by atoms with Crippen molar-refractivity contribution in [2.24, 2.45) is 5.41 Å². The Morgan fingerprint density at radius 2 is 1.72 bits per heavy atom. The summed E-state index contributed by atoms with van der Waals surface area (Å²) in [6, 6.07) is 13.5. The molecule has 2 aromatic rings. The Morgan fingerprint density at radius 3 is 2.31 bits per heavy atom. The number of hydrogen-bond acceptors (Lipinski definition) is 5. The molecule has 154 valence electrons. The smallest absolute Gasteiger partial charge is 0.234 e. The molecule has 0 aliphatic carbocycles. The zero-order valence-corrected chi connectivity index (χ0v) is 18.0. The molecular formula is C22H28N4O2S. The lowest BCUT2D eigenvalue weighted by molar-refractivity contribution is -0.139. The number of benzene rings is 1. The molecule has 1 aromatic carbocycles. The van der Waals surface area contributed by atoms with Crippen LogP contribution in [0, 0.1) is 5.41 Å². The molecule has 2 heterocycles. The molecular weight excluding hydrogens is 384 g/mol. The summed E-state index contributed by atoms with van der Waals surface area (Å²) in [6.45, 7) is 8.98. The van der Waals surface area contributed by atoms with E-state index in [9.17, 15) is 9.59 Å². The molecule has 1 fully saturated rings. The lowest BCUT2D eigenvalue weighted by Crippen LogP contribution is -2.51. The monoisotopic (exact) mass is 412 g/mol. The predicted octanol–water partition coefficient (Wildman–Crippen LogP) is 3.51. The number of carbonyl (C=O) groups excluding carboxylic acids is 2. The van der Waals surface area contributed by atoms with E-state index in [4.69, 9.17) is 0 Å². The molecule has 0 bridgehead atoms. The molecule has 1 aromatic heterocycles. The summed E-state index contributed by atoms with van der Waals surface area (Å²) < 4.78 is 0. The molecule has 0 radical (unpaired) electrons. The largest absolute Gasteiger partial charge is 0.368 e. The third-order valence-electron chi connectivity index (χ3n) is 4.71. The highest BCUT2D eigenvalue weighted by molar-refractivity contribution is 7.99. The summed E-state index contributed by atoms with van der Waals surface area (Å²) in [7, 11) is 0. The Hall–Kier alpha value is -2.54. The van der Waals surface area contributed by atoms with Gasteiger partial charge in [0.1, 0.15) is 0 Å². The van der Waals surface area contributed by atoms with Crippen LogP contribution in [0.1, 0.15) is 20.8 Å². The highest BCUT2D eigenvalue weighted by Gasteiger charge is 2.29. The number of amides is 2. The van der Waals surface area contributed by atoms with Gasteiger partial charge in [-0.25, -0.2) is 4.98 Å². The molecule has 0 spiro atoms. The van der Waals surface area contributed by atoms with Crippen LogP contribution in [0.4, 0.5) is 11.4 Å². The lowest BCUT2D eigenvalue weighted by atomic mass is 9.94. The second-order valence-corrected chi connectivity index (χ2v) is 9.08. The number of carbonyl (C=O) groups is 2. The Bertz CT molecular complexity index is 826. The van der Waals surface area contributed by atoms with Gasteiger partial charge < -0.3 is 15.1 Å². The summed E-state index contributed by atoms with van der Waals surface area (Å²) in [5.74, 6) is 0.476. The van der Waals surface area contributed by atoms with Crippen LogP contribution in [0.15, 0.2) is 53.7 Å². The van der Waals surface area contributed by atoms with Crippen LogP contribution < -0.4 is 10.2 Å². The van der Waals surface area contributed by atoms with E-state index in [2.05, 4.69) is 15.2 Å². The molecule has 0 atom stereocenters. The van der Waals surface area contributed by atoms with Crippen molar-refractivity contribution in [2.75, 3.05) is 42.1 Å². The van der Waals surface area contributed by atoms with Crippen LogP contribution in [-0.2, 0) is 9.59 Å². The third-order valence-corrected chi connectivity index (χ3v) is 5.66. The molecule has 0 saturated carbocycles. The molecule has 0 unspecified atom stereocenters. The maximum atomic E-state index is 12.4.